The summed E-state index contributed by atoms with van der Waals surface area (Å²) in [5.41, 5.74) is -0.960. The van der Waals surface area contributed by atoms with Gasteiger partial charge in [0.2, 0.25) is 0 Å². The molecule has 0 saturated carbocycles. The molecule has 2 nitrogen and oxygen atoms in total. The Kier molecular flexibility index (Phi) is 2.84. The summed E-state index contributed by atoms with van der Waals surface area (Å²) >= 11 is 0. The van der Waals surface area contributed by atoms with Crippen molar-refractivity contribution >= 4 is 0 Å². The topological polar surface area (TPSA) is 21.3 Å². The summed E-state index contributed by atoms with van der Waals surface area (Å²) in [4.78, 5) is 0. The van der Waals surface area contributed by atoms with Crippen LogP contribution in [0, 0.1) is 5.92 Å². The first kappa shape index (κ1) is 8.94. The lowest BCUT2D eigenvalue weighted by molar-refractivity contribution is 0.0166. The van der Waals surface area contributed by atoms with E-state index in [1.165, 1.54) is 0 Å². The molecule has 0 amide bonds. The molecule has 3 heteroatoms. The van der Waals surface area contributed by atoms with E-state index in [4.69, 9.17) is 4.74 Å². The van der Waals surface area contributed by atoms with Crippen LogP contribution in [0.5, 0.6) is 0 Å². The third-order valence-electron chi connectivity index (χ3n) is 2.48. The quantitative estimate of drug-likeness (QED) is 0.663. The van der Waals surface area contributed by atoms with E-state index < -0.39 is 5.67 Å². The molecule has 1 aliphatic rings. The molecular formula is C8H16FNO. The monoisotopic (exact) mass is 161 g/mol. The van der Waals surface area contributed by atoms with Crippen LogP contribution in [0.2, 0.25) is 0 Å². The number of halogens is 1. The van der Waals surface area contributed by atoms with Crippen molar-refractivity contribution in [3.63, 3.8) is 0 Å². The molecule has 1 fully saturated rings. The smallest absolute Gasteiger partial charge is 0.138 e. The predicted octanol–water partition coefficient (Wildman–Crippen LogP) is 0.971. The molecule has 0 aliphatic carbocycles. The van der Waals surface area contributed by atoms with Crippen molar-refractivity contribution < 1.29 is 9.13 Å². The molecule has 1 atom stereocenters. The van der Waals surface area contributed by atoms with E-state index in [2.05, 4.69) is 5.32 Å². The van der Waals surface area contributed by atoms with Gasteiger partial charge in [0, 0.05) is 26.8 Å². The van der Waals surface area contributed by atoms with Gasteiger partial charge in [-0.1, -0.05) is 6.92 Å². The number of rotatable bonds is 4. The number of alkyl halides is 1. The van der Waals surface area contributed by atoms with Crippen LogP contribution >= 0.6 is 0 Å². The Labute approximate surface area is 67.1 Å². The normalized spacial score (nSPS) is 24.3. The highest BCUT2D eigenvalue weighted by molar-refractivity contribution is 4.96. The van der Waals surface area contributed by atoms with Gasteiger partial charge in [-0.2, -0.15) is 0 Å². The minimum absolute atomic E-state index is 0.115. The number of hydrogen-bond donors (Lipinski definition) is 1. The van der Waals surface area contributed by atoms with Gasteiger partial charge >= 0.3 is 0 Å². The van der Waals surface area contributed by atoms with Gasteiger partial charge in [-0.3, -0.25) is 0 Å². The highest BCUT2D eigenvalue weighted by atomic mass is 19.1. The second-order valence-corrected chi connectivity index (χ2v) is 3.32. The van der Waals surface area contributed by atoms with Gasteiger partial charge in [0.25, 0.3) is 0 Å². The molecule has 1 heterocycles. The molecule has 0 bridgehead atoms. The van der Waals surface area contributed by atoms with Gasteiger partial charge in [0.1, 0.15) is 5.67 Å². The third-order valence-corrected chi connectivity index (χ3v) is 2.48. The second-order valence-electron chi connectivity index (χ2n) is 3.32. The van der Waals surface area contributed by atoms with Crippen LogP contribution in [0.4, 0.5) is 4.39 Å². The van der Waals surface area contributed by atoms with E-state index in [1.807, 2.05) is 6.92 Å². The molecule has 11 heavy (non-hydrogen) atoms. The molecule has 1 N–H and O–H groups in total. The molecule has 0 aromatic heterocycles. The maximum absolute atomic E-state index is 13.5. The first-order valence-electron chi connectivity index (χ1n) is 4.07. The lowest BCUT2D eigenvalue weighted by atomic mass is 9.83. The number of nitrogens with one attached hydrogen (secondary N) is 1. The molecule has 1 aliphatic heterocycles. The average Bonchev–Trinajstić information content (AvgIpc) is 1.95. The van der Waals surface area contributed by atoms with E-state index in [9.17, 15) is 4.39 Å². The van der Waals surface area contributed by atoms with E-state index in [0.29, 0.717) is 19.7 Å². The van der Waals surface area contributed by atoms with Crippen molar-refractivity contribution in [1.29, 1.82) is 0 Å². The first-order valence-corrected chi connectivity index (χ1v) is 4.07. The van der Waals surface area contributed by atoms with Crippen LogP contribution in [-0.4, -0.2) is 32.5 Å². The van der Waals surface area contributed by atoms with Gasteiger partial charge in [-0.25, -0.2) is 4.39 Å². The Bertz CT molecular complexity index is 125. The maximum Gasteiger partial charge on any atom is 0.138 e. The Hall–Kier alpha value is -0.150. The summed E-state index contributed by atoms with van der Waals surface area (Å²) in [5.74, 6) is 0.115. The Morgan fingerprint density at radius 1 is 1.64 bits per heavy atom. The highest BCUT2D eigenvalue weighted by Gasteiger charge is 2.41. The fourth-order valence-electron chi connectivity index (χ4n) is 1.27. The molecule has 1 rings (SSSR count). The Morgan fingerprint density at radius 3 is 2.64 bits per heavy atom. The summed E-state index contributed by atoms with van der Waals surface area (Å²) in [6.45, 7) is 3.63. The van der Waals surface area contributed by atoms with Gasteiger partial charge in [0.05, 0.1) is 0 Å². The summed E-state index contributed by atoms with van der Waals surface area (Å²) in [7, 11) is 1.65. The van der Waals surface area contributed by atoms with E-state index >= 15 is 0 Å². The number of ether oxygens (including phenoxy) is 1. The fraction of sp³-hybridized carbons (Fsp3) is 1.00. The summed E-state index contributed by atoms with van der Waals surface area (Å²) in [5, 5.41) is 2.94. The summed E-state index contributed by atoms with van der Waals surface area (Å²) in [6.07, 6.45) is 0.814. The molecule has 66 valence electrons. The maximum atomic E-state index is 13.5. The van der Waals surface area contributed by atoms with E-state index in [0.717, 1.165) is 6.42 Å². The second kappa shape index (κ2) is 3.50. The SMILES string of the molecule is COCCC(C)C1(F)CNC1. The summed E-state index contributed by atoms with van der Waals surface area (Å²) < 4.78 is 18.4. The molecule has 0 aromatic rings. The third kappa shape index (κ3) is 1.91. The van der Waals surface area contributed by atoms with Gasteiger partial charge in [0.15, 0.2) is 0 Å². The number of methoxy groups -OCH3 is 1. The van der Waals surface area contributed by atoms with E-state index in [1.54, 1.807) is 7.11 Å². The van der Waals surface area contributed by atoms with Gasteiger partial charge in [-0.15, -0.1) is 0 Å². The standard InChI is InChI=1S/C8H16FNO/c1-7(3-4-11-2)8(9)5-10-6-8/h7,10H,3-6H2,1-2H3. The Balaban J connectivity index is 2.22. The van der Waals surface area contributed by atoms with Crippen LogP contribution < -0.4 is 5.32 Å². The van der Waals surface area contributed by atoms with Crippen LogP contribution in [0.1, 0.15) is 13.3 Å². The molecule has 1 saturated heterocycles. The molecule has 0 spiro atoms. The molecular weight excluding hydrogens is 145 g/mol. The Morgan fingerprint density at radius 2 is 2.27 bits per heavy atom. The van der Waals surface area contributed by atoms with Crippen LogP contribution in [0.15, 0.2) is 0 Å². The van der Waals surface area contributed by atoms with Gasteiger partial charge < -0.3 is 10.1 Å². The largest absolute Gasteiger partial charge is 0.385 e. The first-order chi connectivity index (χ1) is 5.19. The fourth-order valence-corrected chi connectivity index (χ4v) is 1.27. The molecule has 1 unspecified atom stereocenters. The van der Waals surface area contributed by atoms with E-state index in [-0.39, 0.29) is 5.92 Å². The lowest BCUT2D eigenvalue weighted by Gasteiger charge is -2.39. The average molecular weight is 161 g/mol. The van der Waals surface area contributed by atoms with Crippen molar-refractivity contribution in [2.24, 2.45) is 5.92 Å². The minimum atomic E-state index is -0.960. The van der Waals surface area contributed by atoms with Crippen LogP contribution in [0.25, 0.3) is 0 Å². The van der Waals surface area contributed by atoms with Gasteiger partial charge in [-0.05, 0) is 12.3 Å². The molecule has 0 aromatic carbocycles. The van der Waals surface area contributed by atoms with Crippen molar-refractivity contribution in [2.45, 2.75) is 19.0 Å². The lowest BCUT2D eigenvalue weighted by Crippen LogP contribution is -2.60. The van der Waals surface area contributed by atoms with Crippen molar-refractivity contribution in [3.8, 4) is 0 Å². The van der Waals surface area contributed by atoms with Crippen molar-refractivity contribution in [2.75, 3.05) is 26.8 Å². The van der Waals surface area contributed by atoms with Crippen LogP contribution in [0.3, 0.4) is 0 Å². The minimum Gasteiger partial charge on any atom is -0.385 e. The van der Waals surface area contributed by atoms with Crippen molar-refractivity contribution in [3.05, 3.63) is 0 Å². The molecule has 0 radical (unpaired) electrons. The van der Waals surface area contributed by atoms with Crippen LogP contribution in [-0.2, 0) is 4.74 Å². The highest BCUT2D eigenvalue weighted by Crippen LogP contribution is 2.28. The zero-order valence-electron chi connectivity index (χ0n) is 7.19. The number of hydrogen-bond acceptors (Lipinski definition) is 2. The summed E-state index contributed by atoms with van der Waals surface area (Å²) in [6, 6.07) is 0. The zero-order chi connectivity index (χ0) is 8.32. The zero-order valence-corrected chi connectivity index (χ0v) is 7.19. The predicted molar refractivity (Wildman–Crippen MR) is 42.4 cm³/mol. The van der Waals surface area contributed by atoms with Crippen molar-refractivity contribution in [1.82, 2.24) is 5.32 Å².